The van der Waals surface area contributed by atoms with E-state index >= 15 is 0 Å². The van der Waals surface area contributed by atoms with Gasteiger partial charge in [-0.15, -0.1) is 17.5 Å². The number of hydrogen-bond donors (Lipinski definition) is 0. The van der Waals surface area contributed by atoms with Gasteiger partial charge in [0, 0.05) is 81.9 Å². The van der Waals surface area contributed by atoms with E-state index in [9.17, 15) is 4.79 Å². The van der Waals surface area contributed by atoms with Gasteiger partial charge in [0.1, 0.15) is 17.8 Å². The monoisotopic (exact) mass is 735 g/mol. The largest absolute Gasteiger partial charge is 0.424 e. The fourth-order valence-corrected chi connectivity index (χ4v) is 6.11. The molecule has 0 amide bonds. The standard InChI is InChI=1S/C39H48ClN6O4.ClH/c1-31(47)50-39-35(27-36(40)34-17-9-19-42-38(34)39)37-30-46(44-43-37)22-4-2-3-6-23-48-26-12-16-33-14-10-21-45(29-33)20-5-7-24-49-25-11-15-32-13-8-18-41-28-32;/h8-10,13-14,17-19,21,27-30H,2-7,11-12,15-16,20,22-26H2,1H3;1H/q+1;. The number of esters is 1. The maximum Gasteiger partial charge on any atom is 0.308 e. The number of unbranched alkanes of at least 4 members (excludes halogenated alkanes) is 4. The van der Waals surface area contributed by atoms with Crippen LogP contribution in [0.25, 0.3) is 22.2 Å². The molecule has 5 rings (SSSR count). The second-order valence-electron chi connectivity index (χ2n) is 12.5. The van der Waals surface area contributed by atoms with Crippen LogP contribution in [0.2, 0.25) is 5.02 Å². The van der Waals surface area contributed by atoms with Crippen LogP contribution in [-0.4, -0.2) is 57.4 Å². The number of aryl methyl sites for hydroxylation is 4. The summed E-state index contributed by atoms with van der Waals surface area (Å²) < 4.78 is 21.4. The Balaban J connectivity index is 0.00000583. The number of pyridine rings is 3. The Morgan fingerprint density at radius 1 is 0.863 bits per heavy atom. The molecule has 0 fully saturated rings. The molecule has 0 bridgehead atoms. The Bertz CT molecular complexity index is 1770. The van der Waals surface area contributed by atoms with E-state index in [2.05, 4.69) is 55.4 Å². The number of halogens is 2. The molecule has 0 N–H and O–H groups in total. The first-order valence-electron chi connectivity index (χ1n) is 17.8. The van der Waals surface area contributed by atoms with E-state index in [-0.39, 0.29) is 12.4 Å². The van der Waals surface area contributed by atoms with Crippen molar-refractivity contribution in [3.8, 4) is 17.0 Å². The van der Waals surface area contributed by atoms with Crippen LogP contribution in [0, 0.1) is 0 Å². The number of rotatable bonds is 22. The number of fused-ring (bicyclic) bond motifs is 1. The van der Waals surface area contributed by atoms with Crippen LogP contribution < -0.4 is 9.30 Å². The maximum absolute atomic E-state index is 11.9. The number of ether oxygens (including phenoxy) is 3. The van der Waals surface area contributed by atoms with E-state index in [1.54, 1.807) is 18.3 Å². The van der Waals surface area contributed by atoms with Crippen molar-refractivity contribution in [2.45, 2.75) is 84.2 Å². The van der Waals surface area contributed by atoms with Gasteiger partial charge in [0.2, 0.25) is 0 Å². The van der Waals surface area contributed by atoms with Crippen LogP contribution in [0.15, 0.2) is 79.6 Å². The van der Waals surface area contributed by atoms with Gasteiger partial charge in [-0.2, -0.15) is 0 Å². The van der Waals surface area contributed by atoms with Crippen molar-refractivity contribution in [1.29, 1.82) is 0 Å². The van der Waals surface area contributed by atoms with E-state index in [0.29, 0.717) is 32.9 Å². The number of aromatic nitrogens is 6. The van der Waals surface area contributed by atoms with Gasteiger partial charge in [-0.25, -0.2) is 4.57 Å². The van der Waals surface area contributed by atoms with Gasteiger partial charge < -0.3 is 14.2 Å². The molecule has 0 spiro atoms. The molecule has 1 aromatic carbocycles. The summed E-state index contributed by atoms with van der Waals surface area (Å²) in [6.45, 7) is 6.29. The van der Waals surface area contributed by atoms with Gasteiger partial charge in [0.15, 0.2) is 18.1 Å². The van der Waals surface area contributed by atoms with Gasteiger partial charge in [-0.05, 0) is 80.8 Å². The van der Waals surface area contributed by atoms with Crippen molar-refractivity contribution in [1.82, 2.24) is 25.0 Å². The Morgan fingerprint density at radius 2 is 1.59 bits per heavy atom. The number of nitrogens with zero attached hydrogens (tertiary/aromatic N) is 6. The van der Waals surface area contributed by atoms with Crippen molar-refractivity contribution in [3.05, 3.63) is 95.8 Å². The second-order valence-corrected chi connectivity index (χ2v) is 12.9. The van der Waals surface area contributed by atoms with Crippen molar-refractivity contribution in [3.63, 3.8) is 0 Å². The van der Waals surface area contributed by atoms with Crippen molar-refractivity contribution in [2.24, 2.45) is 0 Å². The second kappa shape index (κ2) is 22.1. The fraction of sp³-hybridized carbons (Fsp3) is 0.436. The highest BCUT2D eigenvalue weighted by Gasteiger charge is 2.19. The van der Waals surface area contributed by atoms with Crippen molar-refractivity contribution in [2.75, 3.05) is 26.4 Å². The summed E-state index contributed by atoms with van der Waals surface area (Å²) in [6, 6.07) is 13.8. The van der Waals surface area contributed by atoms with E-state index in [1.165, 1.54) is 18.1 Å². The minimum atomic E-state index is -0.436. The van der Waals surface area contributed by atoms with Gasteiger partial charge >= 0.3 is 5.97 Å². The molecule has 12 heteroatoms. The SMILES string of the molecule is CC(=O)Oc1c(-c2cn(CCCCCCOCCCc3ccc[n+](CCCCOCCCc4cccnc4)c3)nn2)cc(Cl)c2cccnc12.Cl. The summed E-state index contributed by atoms with van der Waals surface area (Å²) in [7, 11) is 0. The summed E-state index contributed by atoms with van der Waals surface area (Å²) in [5.74, 6) is -0.0946. The Kier molecular flexibility index (Phi) is 17.2. The van der Waals surface area contributed by atoms with Gasteiger partial charge in [-0.3, -0.25) is 19.4 Å². The van der Waals surface area contributed by atoms with Crippen LogP contribution in [0.3, 0.4) is 0 Å². The lowest BCUT2D eigenvalue weighted by Crippen LogP contribution is -2.33. The van der Waals surface area contributed by atoms with E-state index in [1.807, 2.05) is 35.4 Å². The number of carbonyl (C=O) groups is 1. The van der Waals surface area contributed by atoms with Crippen LogP contribution in [-0.2, 0) is 40.2 Å². The molecular weight excluding hydrogens is 687 g/mol. The third kappa shape index (κ3) is 13.3. The summed E-state index contributed by atoms with van der Waals surface area (Å²) in [6.07, 6.45) is 22.1. The molecule has 4 aromatic heterocycles. The predicted octanol–water partition coefficient (Wildman–Crippen LogP) is 7.82. The Morgan fingerprint density at radius 3 is 2.37 bits per heavy atom. The number of carbonyl (C=O) groups excluding carboxylic acids is 1. The molecule has 0 saturated carbocycles. The first kappa shape index (κ1) is 39.8. The van der Waals surface area contributed by atoms with Gasteiger partial charge in [-0.1, -0.05) is 35.7 Å². The maximum atomic E-state index is 11.9. The first-order chi connectivity index (χ1) is 24.6. The molecule has 0 aliphatic carbocycles. The van der Waals surface area contributed by atoms with Gasteiger partial charge in [0.25, 0.3) is 0 Å². The average Bonchev–Trinajstić information content (AvgIpc) is 3.60. The van der Waals surface area contributed by atoms with Crippen LogP contribution in [0.5, 0.6) is 5.75 Å². The normalized spacial score (nSPS) is 11.1. The molecule has 0 aliphatic rings. The Labute approximate surface area is 311 Å². The zero-order valence-electron chi connectivity index (χ0n) is 29.4. The summed E-state index contributed by atoms with van der Waals surface area (Å²) in [5.41, 5.74) is 4.31. The van der Waals surface area contributed by atoms with Crippen LogP contribution in [0.1, 0.15) is 69.4 Å². The molecule has 5 aromatic rings. The van der Waals surface area contributed by atoms with Crippen molar-refractivity contribution < 1.29 is 23.6 Å². The summed E-state index contributed by atoms with van der Waals surface area (Å²) in [4.78, 5) is 20.4. The predicted molar refractivity (Wildman–Crippen MR) is 201 cm³/mol. The average molecular weight is 737 g/mol. The summed E-state index contributed by atoms with van der Waals surface area (Å²) >= 11 is 6.53. The van der Waals surface area contributed by atoms with Crippen LogP contribution >= 0.6 is 24.0 Å². The topological polar surface area (TPSA) is 105 Å². The Hall–Kier alpha value is -3.96. The quantitative estimate of drug-likeness (QED) is 0.0307. The van der Waals surface area contributed by atoms with Gasteiger partial charge in [0.05, 0.1) is 16.8 Å². The summed E-state index contributed by atoms with van der Waals surface area (Å²) in [5, 5.41) is 9.84. The fourth-order valence-electron chi connectivity index (χ4n) is 5.84. The third-order valence-electron chi connectivity index (χ3n) is 8.39. The van der Waals surface area contributed by atoms with Crippen molar-refractivity contribution >= 4 is 40.9 Å². The zero-order valence-corrected chi connectivity index (χ0v) is 31.0. The molecule has 10 nitrogen and oxygen atoms in total. The van der Waals surface area contributed by atoms with E-state index < -0.39 is 5.97 Å². The molecule has 272 valence electrons. The lowest BCUT2D eigenvalue weighted by molar-refractivity contribution is -0.697. The molecule has 51 heavy (non-hydrogen) atoms. The van der Waals surface area contributed by atoms with E-state index in [4.69, 9.17) is 25.8 Å². The smallest absolute Gasteiger partial charge is 0.308 e. The lowest BCUT2D eigenvalue weighted by atomic mass is 10.1. The zero-order chi connectivity index (χ0) is 34.8. The molecular formula is C39H49Cl2N6O4+. The highest BCUT2D eigenvalue weighted by Crippen LogP contribution is 2.39. The molecule has 0 unspecified atom stereocenters. The van der Waals surface area contributed by atoms with Crippen LogP contribution in [0.4, 0.5) is 0 Å². The molecule has 4 heterocycles. The molecule has 0 saturated heterocycles. The molecule has 0 aliphatic heterocycles. The third-order valence-corrected chi connectivity index (χ3v) is 8.70. The molecule has 0 radical (unpaired) electrons. The number of hydrogen-bond acceptors (Lipinski definition) is 8. The highest BCUT2D eigenvalue weighted by atomic mass is 35.5. The minimum absolute atomic E-state index is 0. The highest BCUT2D eigenvalue weighted by molar-refractivity contribution is 6.36. The molecule has 0 atom stereocenters. The first-order valence-corrected chi connectivity index (χ1v) is 18.1. The van der Waals surface area contributed by atoms with E-state index in [0.717, 1.165) is 104 Å². The lowest BCUT2D eigenvalue weighted by Gasteiger charge is -2.11. The number of benzene rings is 1. The minimum Gasteiger partial charge on any atom is -0.424 e.